The summed E-state index contributed by atoms with van der Waals surface area (Å²) in [4.78, 5) is 51.4. The van der Waals surface area contributed by atoms with Gasteiger partial charge in [-0.25, -0.2) is 18.5 Å². The molecular weight excluding hydrogens is 501 g/mol. The third-order valence-electron chi connectivity index (χ3n) is 3.78. The maximum Gasteiger partial charge on any atom is 0.490 e. The van der Waals surface area contributed by atoms with Gasteiger partial charge in [0.25, 0.3) is 0 Å². The number of phosphoric acid groups is 3. The summed E-state index contributed by atoms with van der Waals surface area (Å²) in [6.07, 6.45) is 0.492. The van der Waals surface area contributed by atoms with Crippen molar-refractivity contribution in [2.24, 2.45) is 5.73 Å². The Hall–Kier alpha value is -1.29. The number of anilines is 1. The smallest absolute Gasteiger partial charge is 0.390 e. The van der Waals surface area contributed by atoms with Crippen LogP contribution in [0.1, 0.15) is 18.2 Å². The van der Waals surface area contributed by atoms with Crippen molar-refractivity contribution in [1.82, 2.24) is 9.55 Å². The molecule has 32 heavy (non-hydrogen) atoms. The predicted octanol–water partition coefficient (Wildman–Crippen LogP) is -1.21. The van der Waals surface area contributed by atoms with Crippen molar-refractivity contribution in [2.45, 2.75) is 24.9 Å². The molecule has 5 atom stereocenters. The Bertz CT molecular complexity index is 1060. The third-order valence-corrected chi connectivity index (χ3v) is 7.58. The average Bonchev–Trinajstić information content (AvgIpc) is 2.97. The van der Waals surface area contributed by atoms with E-state index in [1.54, 1.807) is 6.08 Å². The zero-order valence-electron chi connectivity index (χ0n) is 16.0. The Labute approximate surface area is 179 Å². The van der Waals surface area contributed by atoms with Crippen LogP contribution in [0.15, 0.2) is 17.1 Å². The maximum atomic E-state index is 12.1. The molecule has 0 spiro atoms. The van der Waals surface area contributed by atoms with E-state index in [-0.39, 0.29) is 18.8 Å². The molecule has 1 fully saturated rings. The number of hydrogen-bond donors (Lipinski definition) is 7. The van der Waals surface area contributed by atoms with Gasteiger partial charge in [0.1, 0.15) is 18.1 Å². The number of aromatic nitrogens is 2. The minimum absolute atomic E-state index is 0.0706. The Balaban J connectivity index is 2.07. The quantitative estimate of drug-likeness (QED) is 0.177. The molecule has 20 heteroatoms. The van der Waals surface area contributed by atoms with Gasteiger partial charge >= 0.3 is 29.2 Å². The number of ether oxygens (including phenoxy) is 1. The van der Waals surface area contributed by atoms with Gasteiger partial charge < -0.3 is 40.9 Å². The minimum Gasteiger partial charge on any atom is -0.390 e. The molecule has 2 unspecified atom stereocenters. The molecule has 182 valence electrons. The van der Waals surface area contributed by atoms with Gasteiger partial charge in [-0.1, -0.05) is 12.2 Å². The highest BCUT2D eigenvalue weighted by Crippen LogP contribution is 2.66. The lowest BCUT2D eigenvalue weighted by molar-refractivity contribution is -0.0449. The van der Waals surface area contributed by atoms with Gasteiger partial charge in [-0.05, 0) is 0 Å². The van der Waals surface area contributed by atoms with Crippen LogP contribution in [0.3, 0.4) is 0 Å². The van der Waals surface area contributed by atoms with Crippen LogP contribution in [0.5, 0.6) is 0 Å². The van der Waals surface area contributed by atoms with Gasteiger partial charge in [0.05, 0.1) is 12.7 Å². The number of aliphatic hydroxyl groups excluding tert-OH is 1. The fourth-order valence-corrected chi connectivity index (χ4v) is 5.56. The Morgan fingerprint density at radius 2 is 1.88 bits per heavy atom. The maximum absolute atomic E-state index is 12.1. The largest absolute Gasteiger partial charge is 0.490 e. The van der Waals surface area contributed by atoms with Crippen LogP contribution in [0, 0.1) is 0 Å². The van der Waals surface area contributed by atoms with Crippen molar-refractivity contribution in [3.05, 3.63) is 28.3 Å². The predicted molar refractivity (Wildman–Crippen MR) is 105 cm³/mol. The summed E-state index contributed by atoms with van der Waals surface area (Å²) in [6.45, 7) is -0.682. The zero-order valence-corrected chi connectivity index (χ0v) is 18.7. The molecule has 0 amide bonds. The number of nitrogen functional groups attached to an aromatic ring is 1. The van der Waals surface area contributed by atoms with Crippen molar-refractivity contribution >= 4 is 35.4 Å². The Morgan fingerprint density at radius 3 is 2.47 bits per heavy atom. The van der Waals surface area contributed by atoms with E-state index in [1.165, 1.54) is 12.3 Å². The molecule has 1 saturated heterocycles. The lowest BCUT2D eigenvalue weighted by Gasteiger charge is -2.19. The summed E-state index contributed by atoms with van der Waals surface area (Å²) in [5, 5.41) is 10.1. The first-order valence-corrected chi connectivity index (χ1v) is 13.0. The van der Waals surface area contributed by atoms with Crippen LogP contribution >= 0.6 is 23.5 Å². The molecule has 0 aliphatic carbocycles. The molecule has 1 aromatic rings. The number of phosphoric ester groups is 1. The summed E-state index contributed by atoms with van der Waals surface area (Å²) < 4.78 is 51.7. The second-order valence-corrected chi connectivity index (χ2v) is 10.6. The molecule has 0 radical (unpaired) electrons. The topological polar surface area (TPSA) is 276 Å². The molecule has 1 aromatic heterocycles. The van der Waals surface area contributed by atoms with Crippen LogP contribution in [-0.2, 0) is 31.6 Å². The molecule has 0 bridgehead atoms. The molecule has 17 nitrogen and oxygen atoms in total. The number of nitrogens with zero attached hydrogens (tertiary/aromatic N) is 2. The lowest BCUT2D eigenvalue weighted by atomic mass is 10.2. The normalized spacial score (nSPS) is 25.6. The summed E-state index contributed by atoms with van der Waals surface area (Å²) in [7, 11) is -16.6. The summed E-state index contributed by atoms with van der Waals surface area (Å²) >= 11 is 0. The van der Waals surface area contributed by atoms with Crippen LogP contribution < -0.4 is 17.2 Å². The Kier molecular flexibility index (Phi) is 8.70. The average molecular weight is 522 g/mol. The highest BCUT2D eigenvalue weighted by molar-refractivity contribution is 7.66. The molecular formula is C12H21N4O13P3. The van der Waals surface area contributed by atoms with E-state index in [1.807, 2.05) is 0 Å². The van der Waals surface area contributed by atoms with Crippen LogP contribution in [0.2, 0.25) is 0 Å². The molecule has 1 aliphatic heterocycles. The van der Waals surface area contributed by atoms with E-state index in [0.29, 0.717) is 5.56 Å². The van der Waals surface area contributed by atoms with Crippen LogP contribution in [0.4, 0.5) is 5.82 Å². The monoisotopic (exact) mass is 522 g/mol. The fourth-order valence-electron chi connectivity index (χ4n) is 2.53. The van der Waals surface area contributed by atoms with Gasteiger partial charge in [0.2, 0.25) is 0 Å². The second kappa shape index (κ2) is 10.3. The van der Waals surface area contributed by atoms with Gasteiger partial charge in [-0.15, -0.1) is 0 Å². The summed E-state index contributed by atoms with van der Waals surface area (Å²) in [5.74, 6) is -0.0706. The van der Waals surface area contributed by atoms with E-state index in [2.05, 4.69) is 18.1 Å². The number of aliphatic hydroxyl groups is 1. The van der Waals surface area contributed by atoms with Gasteiger partial charge in [0, 0.05) is 24.7 Å². The van der Waals surface area contributed by atoms with Crippen LogP contribution in [-0.4, -0.2) is 59.6 Å². The molecule has 2 heterocycles. The van der Waals surface area contributed by atoms with E-state index >= 15 is 0 Å². The van der Waals surface area contributed by atoms with E-state index in [0.717, 1.165) is 4.57 Å². The standard InChI is InChI=1S/C12H21N4O13P3/c13-3-1-2-7-5-16(12(18)15-11(7)14)10-4-8(17)9(27-10)6-26-31(22,23)29-32(24,25)28-30(19,20)21/h1-2,5,8-10,17H,3-4,6,13H2,(H,22,23)(H,24,25)(H2,14,15,18)(H2,19,20,21)/b2-1+/t8-,9+,10+/m1/s1. The van der Waals surface area contributed by atoms with Crippen molar-refractivity contribution in [3.8, 4) is 0 Å². The van der Waals surface area contributed by atoms with E-state index in [4.69, 9.17) is 30.9 Å². The van der Waals surface area contributed by atoms with Crippen molar-refractivity contribution in [2.75, 3.05) is 18.9 Å². The van der Waals surface area contributed by atoms with Crippen LogP contribution in [0.25, 0.3) is 6.08 Å². The Morgan fingerprint density at radius 1 is 1.22 bits per heavy atom. The highest BCUT2D eigenvalue weighted by Gasteiger charge is 2.43. The SMILES string of the molecule is NC/C=C/c1cn([C@@H]2C[C@@H](O)[C@H](COP(=O)(O)OP(=O)(O)OP(=O)(O)O)O2)c(=O)nc1N. The van der Waals surface area contributed by atoms with Gasteiger partial charge in [0.15, 0.2) is 0 Å². The molecule has 2 rings (SSSR count). The van der Waals surface area contributed by atoms with Gasteiger partial charge in [-0.3, -0.25) is 9.09 Å². The number of nitrogens with two attached hydrogens (primary N) is 2. The first kappa shape index (κ1) is 27.0. The van der Waals surface area contributed by atoms with Gasteiger partial charge in [-0.2, -0.15) is 13.6 Å². The fraction of sp³-hybridized carbons (Fsp3) is 0.500. The van der Waals surface area contributed by atoms with Crippen molar-refractivity contribution < 1.29 is 56.3 Å². The third kappa shape index (κ3) is 7.93. The molecule has 0 aromatic carbocycles. The van der Waals surface area contributed by atoms with Crippen molar-refractivity contribution in [3.63, 3.8) is 0 Å². The lowest BCUT2D eigenvalue weighted by Crippen LogP contribution is -2.29. The molecule has 9 N–H and O–H groups in total. The summed E-state index contributed by atoms with van der Waals surface area (Å²) in [5.41, 5.74) is 10.6. The minimum atomic E-state index is -5.68. The highest BCUT2D eigenvalue weighted by atomic mass is 31.3. The number of hydrogen-bond acceptors (Lipinski definition) is 12. The summed E-state index contributed by atoms with van der Waals surface area (Å²) in [6, 6.07) is 0. The molecule has 0 saturated carbocycles. The molecule has 1 aliphatic rings. The first-order chi connectivity index (χ1) is 14.6. The zero-order chi connectivity index (χ0) is 24.3. The first-order valence-electron chi connectivity index (χ1n) is 8.49. The number of rotatable bonds is 10. The van der Waals surface area contributed by atoms with E-state index in [9.17, 15) is 28.5 Å². The second-order valence-electron chi connectivity index (χ2n) is 6.23. The van der Waals surface area contributed by atoms with E-state index < -0.39 is 54.2 Å². The van der Waals surface area contributed by atoms with Crippen molar-refractivity contribution in [1.29, 1.82) is 0 Å².